The minimum Gasteiger partial charge on any atom is -0.0654 e. The van der Waals surface area contributed by atoms with Crippen LogP contribution < -0.4 is 0 Å². The van der Waals surface area contributed by atoms with Crippen molar-refractivity contribution >= 4 is 0 Å². The molecule has 0 heteroatoms. The second kappa shape index (κ2) is 10.7. The highest BCUT2D eigenvalue weighted by Gasteiger charge is 2.23. The molecular weight excluding hydrogens is 360 g/mol. The predicted molar refractivity (Wildman–Crippen MR) is 131 cm³/mol. The van der Waals surface area contributed by atoms with Crippen LogP contribution in [0.15, 0.2) is 48.5 Å². The molecule has 0 radical (unpaired) electrons. The minimum absolute atomic E-state index is 0.773. The van der Waals surface area contributed by atoms with Crippen LogP contribution in [-0.4, -0.2) is 0 Å². The zero-order valence-electron chi connectivity index (χ0n) is 19.4. The summed E-state index contributed by atoms with van der Waals surface area (Å²) in [5.41, 5.74) is 6.00. The zero-order valence-corrected chi connectivity index (χ0v) is 19.4. The first-order valence-corrected chi connectivity index (χ1v) is 13.0. The van der Waals surface area contributed by atoms with Gasteiger partial charge in [-0.2, -0.15) is 0 Å². The smallest absolute Gasteiger partial charge is 0.0162 e. The summed E-state index contributed by atoms with van der Waals surface area (Å²) >= 11 is 0. The van der Waals surface area contributed by atoms with Gasteiger partial charge in [-0.25, -0.2) is 0 Å². The Bertz CT molecular complexity index is 705. The van der Waals surface area contributed by atoms with Gasteiger partial charge < -0.3 is 0 Å². The molecule has 30 heavy (non-hydrogen) atoms. The van der Waals surface area contributed by atoms with E-state index in [1.165, 1.54) is 88.2 Å². The van der Waals surface area contributed by atoms with E-state index in [0.717, 1.165) is 23.7 Å². The maximum Gasteiger partial charge on any atom is -0.0162 e. The van der Waals surface area contributed by atoms with E-state index in [1.807, 2.05) is 0 Å². The lowest BCUT2D eigenvalue weighted by atomic mass is 9.76. The number of benzene rings is 2. The van der Waals surface area contributed by atoms with E-state index in [1.54, 1.807) is 11.1 Å². The normalized spacial score (nSPS) is 27.1. The zero-order chi connectivity index (χ0) is 20.8. The van der Waals surface area contributed by atoms with E-state index < -0.39 is 0 Å². The third kappa shape index (κ3) is 5.37. The Balaban J connectivity index is 1.44. The summed E-state index contributed by atoms with van der Waals surface area (Å²) in [4.78, 5) is 0. The van der Waals surface area contributed by atoms with Crippen molar-refractivity contribution in [2.24, 2.45) is 11.8 Å². The second-order valence-electron chi connectivity index (χ2n) is 10.3. The van der Waals surface area contributed by atoms with Gasteiger partial charge in [-0.3, -0.25) is 0 Å². The van der Waals surface area contributed by atoms with Crippen molar-refractivity contribution in [1.82, 2.24) is 0 Å². The third-order valence-electron chi connectivity index (χ3n) is 8.14. The van der Waals surface area contributed by atoms with Gasteiger partial charge in [0.25, 0.3) is 0 Å². The Morgan fingerprint density at radius 1 is 0.567 bits per heavy atom. The van der Waals surface area contributed by atoms with Crippen LogP contribution in [0.25, 0.3) is 11.1 Å². The highest BCUT2D eigenvalue weighted by atomic mass is 14.3. The van der Waals surface area contributed by atoms with Crippen LogP contribution in [-0.2, 0) is 0 Å². The first-order chi connectivity index (χ1) is 14.8. The molecule has 0 atom stereocenters. The van der Waals surface area contributed by atoms with Crippen LogP contribution in [0.5, 0.6) is 0 Å². The molecule has 0 heterocycles. The van der Waals surface area contributed by atoms with E-state index in [2.05, 4.69) is 62.4 Å². The first-order valence-electron chi connectivity index (χ1n) is 13.0. The van der Waals surface area contributed by atoms with E-state index in [-0.39, 0.29) is 0 Å². The van der Waals surface area contributed by atoms with Crippen LogP contribution >= 0.6 is 0 Å². The van der Waals surface area contributed by atoms with Crippen LogP contribution in [0, 0.1) is 11.8 Å². The average molecular weight is 403 g/mol. The lowest BCUT2D eigenvalue weighted by Gasteiger charge is -2.29. The number of rotatable bonds is 7. The monoisotopic (exact) mass is 402 g/mol. The molecule has 2 aromatic carbocycles. The Morgan fingerprint density at radius 3 is 1.33 bits per heavy atom. The molecule has 0 bridgehead atoms. The van der Waals surface area contributed by atoms with Gasteiger partial charge in [-0.15, -0.1) is 0 Å². The maximum atomic E-state index is 2.50. The van der Waals surface area contributed by atoms with Gasteiger partial charge in [0.2, 0.25) is 0 Å². The van der Waals surface area contributed by atoms with Crippen molar-refractivity contribution in [3.63, 3.8) is 0 Å². The Kier molecular flexibility index (Phi) is 7.69. The van der Waals surface area contributed by atoms with Gasteiger partial charge >= 0.3 is 0 Å². The summed E-state index contributed by atoms with van der Waals surface area (Å²) in [6, 6.07) is 19.0. The Hall–Kier alpha value is -1.56. The van der Waals surface area contributed by atoms with Gasteiger partial charge in [-0.1, -0.05) is 88.1 Å². The molecule has 0 aliphatic heterocycles. The van der Waals surface area contributed by atoms with E-state index in [0.29, 0.717) is 0 Å². The molecule has 2 aliphatic carbocycles. The van der Waals surface area contributed by atoms with Crippen LogP contribution in [0.3, 0.4) is 0 Å². The lowest BCUT2D eigenvalue weighted by Crippen LogP contribution is -2.13. The standard InChI is InChI=1S/C30H42/c1-3-7-23-13-17-25(18-14-23)27-9-5-11-29(21-27)30-12-6-10-28(22-30)26-19-15-24(8-4-2)16-20-26/h5-6,9-12,21-26H,3-4,7-8,13-20H2,1-2H3. The van der Waals surface area contributed by atoms with E-state index >= 15 is 0 Å². The molecule has 0 unspecified atom stereocenters. The fourth-order valence-electron chi connectivity index (χ4n) is 6.33. The topological polar surface area (TPSA) is 0 Å². The quantitative estimate of drug-likeness (QED) is 0.432. The van der Waals surface area contributed by atoms with Gasteiger partial charge in [-0.05, 0) is 97.3 Å². The molecule has 0 aromatic heterocycles. The lowest BCUT2D eigenvalue weighted by molar-refractivity contribution is 0.308. The second-order valence-corrected chi connectivity index (χ2v) is 10.3. The van der Waals surface area contributed by atoms with Crippen molar-refractivity contribution in [2.45, 2.75) is 103 Å². The molecule has 2 fully saturated rings. The van der Waals surface area contributed by atoms with E-state index in [4.69, 9.17) is 0 Å². The third-order valence-corrected chi connectivity index (χ3v) is 8.14. The summed E-state index contributed by atoms with van der Waals surface area (Å²) in [7, 11) is 0. The summed E-state index contributed by atoms with van der Waals surface area (Å²) in [5, 5.41) is 0. The molecule has 162 valence electrons. The van der Waals surface area contributed by atoms with Crippen LogP contribution in [0.4, 0.5) is 0 Å². The van der Waals surface area contributed by atoms with Gasteiger partial charge in [0.15, 0.2) is 0 Å². The summed E-state index contributed by atoms with van der Waals surface area (Å²) in [6.07, 6.45) is 16.8. The maximum absolute atomic E-state index is 2.50. The number of hydrogen-bond donors (Lipinski definition) is 0. The largest absolute Gasteiger partial charge is 0.0654 e. The molecule has 0 N–H and O–H groups in total. The van der Waals surface area contributed by atoms with Gasteiger partial charge in [0.05, 0.1) is 0 Å². The molecule has 4 rings (SSSR count). The number of hydrogen-bond acceptors (Lipinski definition) is 0. The van der Waals surface area contributed by atoms with Crippen molar-refractivity contribution in [3.05, 3.63) is 59.7 Å². The molecular formula is C30H42. The summed E-state index contributed by atoms with van der Waals surface area (Å²) in [6.45, 7) is 4.67. The average Bonchev–Trinajstić information content (AvgIpc) is 2.81. The fourth-order valence-corrected chi connectivity index (χ4v) is 6.33. The van der Waals surface area contributed by atoms with Crippen molar-refractivity contribution < 1.29 is 0 Å². The van der Waals surface area contributed by atoms with Crippen LogP contribution in [0.2, 0.25) is 0 Å². The molecule has 0 amide bonds. The fraction of sp³-hybridized carbons (Fsp3) is 0.600. The molecule has 0 nitrogen and oxygen atoms in total. The highest BCUT2D eigenvalue weighted by Crippen LogP contribution is 2.40. The minimum atomic E-state index is 0.773. The predicted octanol–water partition coefficient (Wildman–Crippen LogP) is 9.50. The molecule has 0 saturated heterocycles. The van der Waals surface area contributed by atoms with Crippen molar-refractivity contribution in [2.75, 3.05) is 0 Å². The highest BCUT2D eigenvalue weighted by molar-refractivity contribution is 5.65. The molecule has 2 aliphatic rings. The van der Waals surface area contributed by atoms with Gasteiger partial charge in [0, 0.05) is 0 Å². The van der Waals surface area contributed by atoms with Crippen molar-refractivity contribution in [3.8, 4) is 11.1 Å². The van der Waals surface area contributed by atoms with Crippen molar-refractivity contribution in [1.29, 1.82) is 0 Å². The Labute approximate surface area is 185 Å². The van der Waals surface area contributed by atoms with Crippen LogP contribution in [0.1, 0.15) is 114 Å². The molecule has 0 spiro atoms. The SMILES string of the molecule is CCCC1CCC(c2cccc(-c3cccc(C4CCC(CCC)CC4)c3)c2)CC1. The molecule has 2 saturated carbocycles. The Morgan fingerprint density at radius 2 is 0.967 bits per heavy atom. The molecule has 2 aromatic rings. The summed E-state index contributed by atoms with van der Waals surface area (Å²) in [5.74, 6) is 3.52. The first kappa shape index (κ1) is 21.7. The van der Waals surface area contributed by atoms with E-state index in [9.17, 15) is 0 Å². The van der Waals surface area contributed by atoms with Gasteiger partial charge in [0.1, 0.15) is 0 Å². The summed E-state index contributed by atoms with van der Waals surface area (Å²) < 4.78 is 0.